The molecule has 14 heavy (non-hydrogen) atoms. The van der Waals surface area contributed by atoms with Gasteiger partial charge in [0.25, 0.3) is 0 Å². The fourth-order valence-electron chi connectivity index (χ4n) is 0.640. The lowest BCUT2D eigenvalue weighted by Crippen LogP contribution is -2.31. The predicted molar refractivity (Wildman–Crippen MR) is 62.1 cm³/mol. The average molecular weight is 197 g/mol. The van der Waals surface area contributed by atoms with E-state index in [-0.39, 0.29) is 0 Å². The summed E-state index contributed by atoms with van der Waals surface area (Å²) in [5, 5.41) is 0. The molecule has 5 heteroatoms. The fraction of sp³-hybridized carbons (Fsp3) is 0.667. The summed E-state index contributed by atoms with van der Waals surface area (Å²) in [4.78, 5) is 14.1. The van der Waals surface area contributed by atoms with Gasteiger partial charge in [-0.15, -0.1) is 0 Å². The highest BCUT2D eigenvalue weighted by Crippen LogP contribution is 1.89. The largest absolute Gasteiger partial charge is 0.369 e. The standard InChI is InChI=1S/C9H19N5/c1-6-11-9(12-7(2)3)13-8(10)14(4)5/h6H2,1-5H3,(H2,10,11,13). The molecule has 0 aromatic heterocycles. The van der Waals surface area contributed by atoms with Crippen molar-refractivity contribution < 1.29 is 0 Å². The second-order valence-electron chi connectivity index (χ2n) is 3.20. The maximum absolute atomic E-state index is 5.65. The minimum Gasteiger partial charge on any atom is -0.369 e. The number of hydrogen-bond donors (Lipinski definition) is 1. The molecule has 0 bridgehead atoms. The summed E-state index contributed by atoms with van der Waals surface area (Å²) in [6, 6.07) is 0. The van der Waals surface area contributed by atoms with Crippen LogP contribution in [-0.2, 0) is 0 Å². The molecule has 0 aromatic rings. The summed E-state index contributed by atoms with van der Waals surface area (Å²) < 4.78 is 0. The summed E-state index contributed by atoms with van der Waals surface area (Å²) in [6.07, 6.45) is 0. The molecular weight excluding hydrogens is 178 g/mol. The summed E-state index contributed by atoms with van der Waals surface area (Å²) in [5.41, 5.74) is 6.56. The van der Waals surface area contributed by atoms with Crippen molar-refractivity contribution in [2.45, 2.75) is 20.8 Å². The molecular formula is C9H19N5. The third kappa shape index (κ3) is 5.29. The molecule has 0 rings (SSSR count). The first-order valence-electron chi connectivity index (χ1n) is 4.55. The first-order valence-corrected chi connectivity index (χ1v) is 4.55. The Morgan fingerprint density at radius 3 is 2.14 bits per heavy atom. The maximum Gasteiger partial charge on any atom is 0.247 e. The lowest BCUT2D eigenvalue weighted by molar-refractivity contribution is 0.615. The second-order valence-corrected chi connectivity index (χ2v) is 3.20. The average Bonchev–Trinajstić information content (AvgIpc) is 2.02. The quantitative estimate of drug-likeness (QED) is 0.497. The monoisotopic (exact) mass is 197 g/mol. The summed E-state index contributed by atoms with van der Waals surface area (Å²) in [6.45, 7) is 6.37. The van der Waals surface area contributed by atoms with E-state index in [1.807, 2.05) is 34.9 Å². The van der Waals surface area contributed by atoms with Crippen LogP contribution < -0.4 is 5.73 Å². The van der Waals surface area contributed by atoms with E-state index in [0.717, 1.165) is 5.71 Å². The number of hydrogen-bond acceptors (Lipinski definition) is 1. The van der Waals surface area contributed by atoms with Gasteiger partial charge in [0.1, 0.15) is 0 Å². The molecule has 80 valence electrons. The first-order chi connectivity index (χ1) is 6.47. The number of nitrogens with zero attached hydrogens (tertiary/aromatic N) is 4. The SMILES string of the molecule is CCN=C(N=C(C)C)/N=C(/N)N(C)C. The molecule has 5 nitrogen and oxygen atoms in total. The van der Waals surface area contributed by atoms with E-state index in [2.05, 4.69) is 15.0 Å². The number of nitrogens with two attached hydrogens (primary N) is 1. The van der Waals surface area contributed by atoms with E-state index in [0.29, 0.717) is 18.5 Å². The lowest BCUT2D eigenvalue weighted by Gasteiger charge is -2.09. The lowest BCUT2D eigenvalue weighted by atomic mass is 10.5. The van der Waals surface area contributed by atoms with Crippen molar-refractivity contribution in [3.8, 4) is 0 Å². The van der Waals surface area contributed by atoms with Crippen LogP contribution in [0.3, 0.4) is 0 Å². The summed E-state index contributed by atoms with van der Waals surface area (Å²) in [5.74, 6) is 0.834. The zero-order valence-corrected chi connectivity index (χ0v) is 9.57. The van der Waals surface area contributed by atoms with Gasteiger partial charge in [-0.25, -0.2) is 9.98 Å². The molecule has 0 radical (unpaired) electrons. The molecule has 0 fully saturated rings. The van der Waals surface area contributed by atoms with Crippen LogP contribution in [-0.4, -0.2) is 43.2 Å². The molecule has 0 aliphatic rings. The molecule has 0 unspecified atom stereocenters. The Morgan fingerprint density at radius 2 is 1.79 bits per heavy atom. The van der Waals surface area contributed by atoms with E-state index < -0.39 is 0 Å². The van der Waals surface area contributed by atoms with E-state index in [1.165, 1.54) is 0 Å². The number of aliphatic imine (C=N–C) groups is 3. The fourth-order valence-corrected chi connectivity index (χ4v) is 0.640. The van der Waals surface area contributed by atoms with Gasteiger partial charge in [0.05, 0.1) is 0 Å². The van der Waals surface area contributed by atoms with Crippen LogP contribution in [0.15, 0.2) is 15.0 Å². The molecule has 0 aliphatic heterocycles. The summed E-state index contributed by atoms with van der Waals surface area (Å²) >= 11 is 0. The minimum atomic E-state index is 0.405. The molecule has 0 saturated carbocycles. The Labute approximate surface area is 85.4 Å². The minimum absolute atomic E-state index is 0.405. The van der Waals surface area contributed by atoms with Gasteiger partial charge in [-0.1, -0.05) is 0 Å². The molecule has 2 N–H and O–H groups in total. The van der Waals surface area contributed by atoms with Gasteiger partial charge in [0, 0.05) is 26.4 Å². The zero-order valence-electron chi connectivity index (χ0n) is 9.57. The summed E-state index contributed by atoms with van der Waals surface area (Å²) in [7, 11) is 3.65. The van der Waals surface area contributed by atoms with Crippen molar-refractivity contribution in [3.63, 3.8) is 0 Å². The molecule has 0 spiro atoms. The van der Waals surface area contributed by atoms with Crippen molar-refractivity contribution >= 4 is 17.6 Å². The molecule has 0 heterocycles. The number of guanidine groups is 2. The van der Waals surface area contributed by atoms with Crippen molar-refractivity contribution in [3.05, 3.63) is 0 Å². The Hall–Kier alpha value is -1.39. The van der Waals surface area contributed by atoms with Gasteiger partial charge in [-0.3, -0.25) is 0 Å². The molecule has 0 amide bonds. The van der Waals surface area contributed by atoms with Crippen LogP contribution in [0.1, 0.15) is 20.8 Å². The molecule has 0 atom stereocenters. The molecule has 0 saturated heterocycles. The number of rotatable bonds is 1. The van der Waals surface area contributed by atoms with Gasteiger partial charge < -0.3 is 10.6 Å². The predicted octanol–water partition coefficient (Wildman–Crippen LogP) is 0.719. The van der Waals surface area contributed by atoms with Crippen molar-refractivity contribution in [2.24, 2.45) is 20.7 Å². The topological polar surface area (TPSA) is 66.3 Å². The Kier molecular flexibility index (Phi) is 5.52. The third-order valence-corrected chi connectivity index (χ3v) is 1.30. The second kappa shape index (κ2) is 6.12. The maximum atomic E-state index is 5.65. The van der Waals surface area contributed by atoms with Crippen LogP contribution >= 0.6 is 0 Å². The molecule has 0 aromatic carbocycles. The van der Waals surface area contributed by atoms with Gasteiger partial charge in [0.2, 0.25) is 5.96 Å². The Balaban J connectivity index is 4.79. The van der Waals surface area contributed by atoms with E-state index in [4.69, 9.17) is 5.73 Å². The van der Waals surface area contributed by atoms with Crippen LogP contribution in [0, 0.1) is 0 Å². The first kappa shape index (κ1) is 12.6. The van der Waals surface area contributed by atoms with Gasteiger partial charge in [-0.2, -0.15) is 4.99 Å². The van der Waals surface area contributed by atoms with Gasteiger partial charge in [-0.05, 0) is 20.8 Å². The zero-order chi connectivity index (χ0) is 11.1. The highest BCUT2D eigenvalue weighted by atomic mass is 15.2. The Morgan fingerprint density at radius 1 is 1.21 bits per heavy atom. The van der Waals surface area contributed by atoms with Crippen LogP contribution in [0.5, 0.6) is 0 Å². The normalized spacial score (nSPS) is 12.6. The van der Waals surface area contributed by atoms with Crippen molar-refractivity contribution in [1.82, 2.24) is 4.90 Å². The smallest absolute Gasteiger partial charge is 0.247 e. The van der Waals surface area contributed by atoms with E-state index in [1.54, 1.807) is 4.90 Å². The van der Waals surface area contributed by atoms with Crippen LogP contribution in [0.25, 0.3) is 0 Å². The van der Waals surface area contributed by atoms with Crippen LogP contribution in [0.4, 0.5) is 0 Å². The van der Waals surface area contributed by atoms with Crippen molar-refractivity contribution in [1.29, 1.82) is 0 Å². The van der Waals surface area contributed by atoms with Gasteiger partial charge in [0.15, 0.2) is 5.96 Å². The third-order valence-electron chi connectivity index (χ3n) is 1.30. The van der Waals surface area contributed by atoms with Gasteiger partial charge >= 0.3 is 0 Å². The van der Waals surface area contributed by atoms with Crippen molar-refractivity contribution in [2.75, 3.05) is 20.6 Å². The Bertz CT molecular complexity index is 258. The van der Waals surface area contributed by atoms with E-state index in [9.17, 15) is 0 Å². The highest BCUT2D eigenvalue weighted by molar-refractivity contribution is 6.00. The van der Waals surface area contributed by atoms with Crippen LogP contribution in [0.2, 0.25) is 0 Å². The highest BCUT2D eigenvalue weighted by Gasteiger charge is 1.98. The van der Waals surface area contributed by atoms with E-state index >= 15 is 0 Å². The molecule has 0 aliphatic carbocycles.